The van der Waals surface area contributed by atoms with Crippen LogP contribution in [0.25, 0.3) is 10.8 Å². The van der Waals surface area contributed by atoms with Crippen LogP contribution >= 0.6 is 12.4 Å². The van der Waals surface area contributed by atoms with Crippen LogP contribution in [0.3, 0.4) is 0 Å². The fraction of sp³-hybridized carbons (Fsp3) is 0.346. The molecule has 0 aliphatic rings. The molecule has 2 unspecified atom stereocenters. The van der Waals surface area contributed by atoms with Crippen molar-refractivity contribution in [1.82, 2.24) is 10.6 Å². The van der Waals surface area contributed by atoms with E-state index in [-0.39, 0.29) is 36.5 Å². The van der Waals surface area contributed by atoms with Crippen molar-refractivity contribution in [2.75, 3.05) is 6.61 Å². The van der Waals surface area contributed by atoms with Gasteiger partial charge in [0, 0.05) is 23.7 Å². The molecule has 0 heterocycles. The number of aliphatic hydroxyl groups is 1. The van der Waals surface area contributed by atoms with Gasteiger partial charge in [-0.15, -0.1) is 12.4 Å². The lowest BCUT2D eigenvalue weighted by atomic mass is 10.0. The minimum atomic E-state index is -0.627. The van der Waals surface area contributed by atoms with E-state index in [2.05, 4.69) is 16.7 Å². The number of ether oxygens (including phenoxy) is 1. The number of benzene rings is 3. The number of rotatable bonds is 8. The molecule has 172 valence electrons. The fourth-order valence-electron chi connectivity index (χ4n) is 3.54. The summed E-state index contributed by atoms with van der Waals surface area (Å²) in [6.45, 7) is 8.23. The maximum absolute atomic E-state index is 12.2. The van der Waals surface area contributed by atoms with Crippen LogP contribution in [0.5, 0.6) is 5.75 Å². The number of carbonyl (C=O) groups is 1. The summed E-state index contributed by atoms with van der Waals surface area (Å²) in [5.74, 6) is 0.504. The predicted molar refractivity (Wildman–Crippen MR) is 132 cm³/mol. The Balaban J connectivity index is 0.00000363. The zero-order valence-corrected chi connectivity index (χ0v) is 19.9. The molecule has 0 spiro atoms. The van der Waals surface area contributed by atoms with Crippen molar-refractivity contribution in [3.63, 3.8) is 0 Å². The van der Waals surface area contributed by atoms with Crippen molar-refractivity contribution >= 4 is 29.1 Å². The minimum absolute atomic E-state index is 0. The summed E-state index contributed by atoms with van der Waals surface area (Å²) >= 11 is 0. The monoisotopic (exact) mass is 456 g/mol. The third kappa shape index (κ3) is 6.95. The van der Waals surface area contributed by atoms with E-state index >= 15 is 0 Å². The number of hydrogen-bond acceptors (Lipinski definition) is 4. The quantitative estimate of drug-likeness (QED) is 0.456. The summed E-state index contributed by atoms with van der Waals surface area (Å²) < 4.78 is 5.92. The number of aliphatic hydroxyl groups excluding tert-OH is 1. The molecule has 0 aromatic heterocycles. The summed E-state index contributed by atoms with van der Waals surface area (Å²) in [6, 6.07) is 21.4. The van der Waals surface area contributed by atoms with Gasteiger partial charge >= 0.3 is 0 Å². The van der Waals surface area contributed by atoms with Crippen LogP contribution in [-0.4, -0.2) is 29.2 Å². The zero-order valence-electron chi connectivity index (χ0n) is 19.1. The standard InChI is InChI=1S/C26H32N2O3.ClH/c1-18(25(30)20-11-6-5-7-12-20)27-16-22-21-13-9-8-10-19(21)14-15-23(22)31-17-24(29)28-26(2,3)4;/h5-15,18,25,27,30H,16-17H2,1-4H3,(H,28,29);1H. The van der Waals surface area contributed by atoms with E-state index in [0.29, 0.717) is 12.3 Å². The van der Waals surface area contributed by atoms with Crippen LogP contribution in [-0.2, 0) is 11.3 Å². The molecule has 6 heteroatoms. The normalized spacial score (nSPS) is 13.2. The van der Waals surface area contributed by atoms with Gasteiger partial charge in [0.15, 0.2) is 6.61 Å². The average molecular weight is 457 g/mol. The molecule has 0 saturated carbocycles. The highest BCUT2D eigenvalue weighted by molar-refractivity contribution is 5.88. The molecule has 3 aromatic carbocycles. The Morgan fingerprint density at radius 1 is 1.00 bits per heavy atom. The molecule has 3 N–H and O–H groups in total. The third-order valence-corrected chi connectivity index (χ3v) is 5.09. The average Bonchev–Trinajstić information content (AvgIpc) is 2.75. The number of hydrogen-bond donors (Lipinski definition) is 3. The van der Waals surface area contributed by atoms with E-state index in [4.69, 9.17) is 4.74 Å². The Labute approximate surface area is 196 Å². The number of carbonyl (C=O) groups excluding carboxylic acids is 1. The van der Waals surface area contributed by atoms with Crippen molar-refractivity contribution in [2.24, 2.45) is 0 Å². The highest BCUT2D eigenvalue weighted by Crippen LogP contribution is 2.29. The van der Waals surface area contributed by atoms with Crippen LogP contribution in [0.2, 0.25) is 0 Å². The van der Waals surface area contributed by atoms with Gasteiger partial charge in [0.1, 0.15) is 5.75 Å². The predicted octanol–water partition coefficient (Wildman–Crippen LogP) is 4.77. The Morgan fingerprint density at radius 2 is 1.66 bits per heavy atom. The summed E-state index contributed by atoms with van der Waals surface area (Å²) in [6.07, 6.45) is -0.627. The van der Waals surface area contributed by atoms with Crippen LogP contribution in [0, 0.1) is 0 Å². The molecule has 0 saturated heterocycles. The molecule has 0 fully saturated rings. The van der Waals surface area contributed by atoms with E-state index in [1.54, 1.807) is 0 Å². The second kappa shape index (κ2) is 11.3. The lowest BCUT2D eigenvalue weighted by molar-refractivity contribution is -0.124. The fourth-order valence-corrected chi connectivity index (χ4v) is 3.54. The smallest absolute Gasteiger partial charge is 0.258 e. The summed E-state index contributed by atoms with van der Waals surface area (Å²) in [7, 11) is 0. The van der Waals surface area contributed by atoms with E-state index in [1.807, 2.05) is 88.4 Å². The first-order valence-corrected chi connectivity index (χ1v) is 10.7. The molecule has 0 bridgehead atoms. The molecule has 2 atom stereocenters. The molecular weight excluding hydrogens is 424 g/mol. The molecule has 32 heavy (non-hydrogen) atoms. The maximum Gasteiger partial charge on any atom is 0.258 e. The molecule has 0 aliphatic carbocycles. The van der Waals surface area contributed by atoms with Gasteiger partial charge in [0.2, 0.25) is 0 Å². The van der Waals surface area contributed by atoms with Crippen molar-refractivity contribution in [1.29, 1.82) is 0 Å². The van der Waals surface area contributed by atoms with Crippen molar-refractivity contribution in [3.05, 3.63) is 77.9 Å². The van der Waals surface area contributed by atoms with Crippen molar-refractivity contribution < 1.29 is 14.6 Å². The lowest BCUT2D eigenvalue weighted by Gasteiger charge is -2.23. The molecule has 0 radical (unpaired) electrons. The van der Waals surface area contributed by atoms with Crippen molar-refractivity contribution in [2.45, 2.75) is 51.9 Å². The van der Waals surface area contributed by atoms with Crippen LogP contribution < -0.4 is 15.4 Å². The molecule has 5 nitrogen and oxygen atoms in total. The number of nitrogens with one attached hydrogen (secondary N) is 2. The number of fused-ring (bicyclic) bond motifs is 1. The van der Waals surface area contributed by atoms with Gasteiger partial charge in [-0.25, -0.2) is 0 Å². The zero-order chi connectivity index (χ0) is 22.4. The van der Waals surface area contributed by atoms with Gasteiger partial charge < -0.3 is 20.5 Å². The van der Waals surface area contributed by atoms with Crippen LogP contribution in [0.15, 0.2) is 66.7 Å². The van der Waals surface area contributed by atoms with E-state index in [9.17, 15) is 9.90 Å². The van der Waals surface area contributed by atoms with Gasteiger partial charge in [0.05, 0.1) is 6.10 Å². The Hall–Kier alpha value is -2.60. The van der Waals surface area contributed by atoms with Crippen molar-refractivity contribution in [3.8, 4) is 5.75 Å². The SMILES string of the molecule is CC(NCc1c(OCC(=O)NC(C)(C)C)ccc2ccccc12)C(O)c1ccccc1.Cl. The highest BCUT2D eigenvalue weighted by Gasteiger charge is 2.18. The topological polar surface area (TPSA) is 70.6 Å². The first-order valence-electron chi connectivity index (χ1n) is 10.7. The summed E-state index contributed by atoms with van der Waals surface area (Å²) in [5, 5.41) is 19.2. The van der Waals surface area contributed by atoms with Crippen LogP contribution in [0.4, 0.5) is 0 Å². The van der Waals surface area contributed by atoms with E-state index < -0.39 is 6.10 Å². The van der Waals surface area contributed by atoms with Gasteiger partial charge in [-0.05, 0) is 50.1 Å². The van der Waals surface area contributed by atoms with Gasteiger partial charge in [-0.2, -0.15) is 0 Å². The van der Waals surface area contributed by atoms with Gasteiger partial charge in [0.25, 0.3) is 5.91 Å². The molecule has 1 amide bonds. The highest BCUT2D eigenvalue weighted by atomic mass is 35.5. The Morgan fingerprint density at radius 3 is 2.34 bits per heavy atom. The molecule has 3 aromatic rings. The Bertz CT molecular complexity index is 1020. The van der Waals surface area contributed by atoms with Gasteiger partial charge in [-0.1, -0.05) is 60.7 Å². The third-order valence-electron chi connectivity index (χ3n) is 5.09. The van der Waals surface area contributed by atoms with E-state index in [0.717, 1.165) is 21.9 Å². The van der Waals surface area contributed by atoms with E-state index in [1.165, 1.54) is 0 Å². The molecule has 3 rings (SSSR count). The maximum atomic E-state index is 12.2. The largest absolute Gasteiger partial charge is 0.483 e. The van der Waals surface area contributed by atoms with Crippen LogP contribution in [0.1, 0.15) is 44.9 Å². The Kier molecular flexibility index (Phi) is 9.08. The first-order chi connectivity index (χ1) is 14.7. The second-order valence-electron chi connectivity index (χ2n) is 8.88. The molecule has 0 aliphatic heterocycles. The second-order valence-corrected chi connectivity index (χ2v) is 8.88. The lowest BCUT2D eigenvalue weighted by Crippen LogP contribution is -2.43. The summed E-state index contributed by atoms with van der Waals surface area (Å²) in [5.41, 5.74) is 1.53. The first kappa shape index (κ1) is 25.7. The molecular formula is C26H33ClN2O3. The summed E-state index contributed by atoms with van der Waals surface area (Å²) in [4.78, 5) is 12.2. The van der Waals surface area contributed by atoms with Gasteiger partial charge in [-0.3, -0.25) is 4.79 Å². The number of halogens is 1. The number of amides is 1. The minimum Gasteiger partial charge on any atom is -0.483 e.